The molecule has 2 rings (SSSR count). The van der Waals surface area contributed by atoms with Crippen LogP contribution in [0.5, 0.6) is 5.75 Å². The van der Waals surface area contributed by atoms with Crippen molar-refractivity contribution in [2.45, 2.75) is 18.4 Å². The normalized spacial score (nSPS) is 11.4. The van der Waals surface area contributed by atoms with Crippen molar-refractivity contribution in [1.82, 2.24) is 9.62 Å². The summed E-state index contributed by atoms with van der Waals surface area (Å²) in [4.78, 5) is 12.2. The molecule has 0 bridgehead atoms. The molecule has 0 fully saturated rings. The summed E-state index contributed by atoms with van der Waals surface area (Å²) in [5.74, 6) is 0.185. The maximum atomic E-state index is 12.6. The second-order valence-corrected chi connectivity index (χ2v) is 8.21. The van der Waals surface area contributed by atoms with Crippen molar-refractivity contribution in [3.8, 4) is 5.75 Å². The van der Waals surface area contributed by atoms with Crippen LogP contribution in [0.3, 0.4) is 0 Å². The Kier molecular flexibility index (Phi) is 6.63. The van der Waals surface area contributed by atoms with Gasteiger partial charge in [-0.15, -0.1) is 0 Å². The summed E-state index contributed by atoms with van der Waals surface area (Å²) in [7, 11) is -0.897. The Bertz CT molecular complexity index is 900. The predicted molar refractivity (Wildman–Crippen MR) is 101 cm³/mol. The SMILES string of the molecule is COc1ccc(S(=O)(=O)N(C)CC(=O)NCc2ccccc2Cl)cc1C. The first-order chi connectivity index (χ1) is 12.3. The number of methoxy groups -OCH3 is 1. The van der Waals surface area contributed by atoms with E-state index in [0.29, 0.717) is 16.3 Å². The van der Waals surface area contributed by atoms with Gasteiger partial charge in [0.1, 0.15) is 5.75 Å². The summed E-state index contributed by atoms with van der Waals surface area (Å²) in [6, 6.07) is 11.7. The topological polar surface area (TPSA) is 75.7 Å². The molecule has 0 saturated heterocycles. The van der Waals surface area contributed by atoms with Gasteiger partial charge >= 0.3 is 0 Å². The fourth-order valence-electron chi connectivity index (χ4n) is 2.37. The third-order valence-corrected chi connectivity index (χ3v) is 6.04. The number of rotatable bonds is 7. The summed E-state index contributed by atoms with van der Waals surface area (Å²) in [5, 5.41) is 3.22. The van der Waals surface area contributed by atoms with Crippen molar-refractivity contribution in [3.63, 3.8) is 0 Å². The van der Waals surface area contributed by atoms with Gasteiger partial charge in [-0.05, 0) is 42.3 Å². The zero-order chi connectivity index (χ0) is 19.3. The van der Waals surface area contributed by atoms with Gasteiger partial charge in [-0.2, -0.15) is 4.31 Å². The number of carbonyl (C=O) groups is 1. The van der Waals surface area contributed by atoms with E-state index in [9.17, 15) is 13.2 Å². The number of ether oxygens (including phenoxy) is 1. The van der Waals surface area contributed by atoms with Crippen LogP contribution in [0.2, 0.25) is 5.02 Å². The lowest BCUT2D eigenvalue weighted by Gasteiger charge is -2.18. The summed E-state index contributed by atoms with van der Waals surface area (Å²) in [6.07, 6.45) is 0. The van der Waals surface area contributed by atoms with E-state index in [-0.39, 0.29) is 18.0 Å². The fraction of sp³-hybridized carbons (Fsp3) is 0.278. The molecule has 0 aliphatic carbocycles. The number of halogens is 1. The molecular weight excluding hydrogens is 376 g/mol. The molecule has 1 N–H and O–H groups in total. The number of nitrogens with zero attached hydrogens (tertiary/aromatic N) is 1. The lowest BCUT2D eigenvalue weighted by atomic mass is 10.2. The minimum atomic E-state index is -3.78. The molecule has 140 valence electrons. The molecule has 2 aromatic rings. The Labute approximate surface area is 158 Å². The lowest BCUT2D eigenvalue weighted by Crippen LogP contribution is -2.38. The Morgan fingerprint density at radius 1 is 1.23 bits per heavy atom. The number of carbonyl (C=O) groups excluding carboxylic acids is 1. The maximum Gasteiger partial charge on any atom is 0.243 e. The van der Waals surface area contributed by atoms with Crippen LogP contribution in [0, 0.1) is 6.92 Å². The molecule has 0 aromatic heterocycles. The molecule has 0 unspecified atom stereocenters. The van der Waals surface area contributed by atoms with Crippen molar-refractivity contribution >= 4 is 27.5 Å². The van der Waals surface area contributed by atoms with Gasteiger partial charge in [0.15, 0.2) is 0 Å². The van der Waals surface area contributed by atoms with E-state index >= 15 is 0 Å². The van der Waals surface area contributed by atoms with Crippen molar-refractivity contribution in [2.24, 2.45) is 0 Å². The molecule has 0 aliphatic heterocycles. The average Bonchev–Trinajstić information content (AvgIpc) is 2.60. The van der Waals surface area contributed by atoms with Gasteiger partial charge in [0.25, 0.3) is 0 Å². The molecule has 0 atom stereocenters. The van der Waals surface area contributed by atoms with Gasteiger partial charge in [-0.25, -0.2) is 8.42 Å². The van der Waals surface area contributed by atoms with E-state index in [2.05, 4.69) is 5.32 Å². The Hall–Kier alpha value is -2.09. The van der Waals surface area contributed by atoms with E-state index in [0.717, 1.165) is 9.87 Å². The highest BCUT2D eigenvalue weighted by Gasteiger charge is 2.23. The number of hydrogen-bond donors (Lipinski definition) is 1. The van der Waals surface area contributed by atoms with Gasteiger partial charge in [-0.1, -0.05) is 29.8 Å². The summed E-state index contributed by atoms with van der Waals surface area (Å²) < 4.78 is 31.4. The van der Waals surface area contributed by atoms with E-state index in [1.165, 1.54) is 26.3 Å². The monoisotopic (exact) mass is 396 g/mol. The Balaban J connectivity index is 2.03. The van der Waals surface area contributed by atoms with Gasteiger partial charge in [0.05, 0.1) is 18.6 Å². The quantitative estimate of drug-likeness (QED) is 0.780. The van der Waals surface area contributed by atoms with E-state index in [4.69, 9.17) is 16.3 Å². The molecular formula is C18H21ClN2O4S. The van der Waals surface area contributed by atoms with Gasteiger partial charge < -0.3 is 10.1 Å². The number of sulfonamides is 1. The van der Waals surface area contributed by atoms with Gasteiger partial charge in [-0.3, -0.25) is 4.79 Å². The van der Waals surface area contributed by atoms with Crippen LogP contribution in [0.15, 0.2) is 47.4 Å². The molecule has 0 heterocycles. The van der Waals surface area contributed by atoms with Gasteiger partial charge in [0.2, 0.25) is 15.9 Å². The smallest absolute Gasteiger partial charge is 0.243 e. The molecule has 0 aliphatic rings. The van der Waals surface area contributed by atoms with Crippen molar-refractivity contribution in [2.75, 3.05) is 20.7 Å². The van der Waals surface area contributed by atoms with Crippen LogP contribution in [-0.2, 0) is 21.4 Å². The molecule has 2 aromatic carbocycles. The van der Waals surface area contributed by atoms with E-state index in [1.54, 1.807) is 31.2 Å². The highest BCUT2D eigenvalue weighted by molar-refractivity contribution is 7.89. The molecule has 8 heteroatoms. The van der Waals surface area contributed by atoms with Crippen LogP contribution >= 0.6 is 11.6 Å². The summed E-state index contributed by atoms with van der Waals surface area (Å²) >= 11 is 6.04. The van der Waals surface area contributed by atoms with E-state index < -0.39 is 15.9 Å². The van der Waals surface area contributed by atoms with E-state index in [1.807, 2.05) is 6.07 Å². The zero-order valence-electron chi connectivity index (χ0n) is 14.8. The third kappa shape index (κ3) is 4.75. The van der Waals surface area contributed by atoms with Crippen molar-refractivity contribution in [1.29, 1.82) is 0 Å². The number of aryl methyl sites for hydroxylation is 1. The molecule has 26 heavy (non-hydrogen) atoms. The number of benzene rings is 2. The number of nitrogens with one attached hydrogen (secondary N) is 1. The minimum Gasteiger partial charge on any atom is -0.496 e. The molecule has 1 amide bonds. The molecule has 0 radical (unpaired) electrons. The highest BCUT2D eigenvalue weighted by Crippen LogP contribution is 2.23. The second-order valence-electron chi connectivity index (χ2n) is 5.76. The zero-order valence-corrected chi connectivity index (χ0v) is 16.4. The molecule has 6 nitrogen and oxygen atoms in total. The minimum absolute atomic E-state index is 0.109. The number of hydrogen-bond acceptors (Lipinski definition) is 4. The first kappa shape index (κ1) is 20.2. The first-order valence-corrected chi connectivity index (χ1v) is 9.68. The Morgan fingerprint density at radius 2 is 1.92 bits per heavy atom. The molecule has 0 spiro atoms. The molecule has 0 saturated carbocycles. The standard InChI is InChI=1S/C18H21ClN2O4S/c1-13-10-15(8-9-17(13)25-3)26(23,24)21(2)12-18(22)20-11-14-6-4-5-7-16(14)19/h4-10H,11-12H2,1-3H3,(H,20,22). The first-order valence-electron chi connectivity index (χ1n) is 7.86. The van der Waals surface area contributed by atoms with Crippen LogP contribution in [0.4, 0.5) is 0 Å². The fourth-order valence-corrected chi connectivity index (χ4v) is 3.79. The summed E-state index contributed by atoms with van der Waals surface area (Å²) in [6.45, 7) is 1.69. The third-order valence-electron chi connectivity index (χ3n) is 3.87. The van der Waals surface area contributed by atoms with Crippen LogP contribution in [0.1, 0.15) is 11.1 Å². The largest absolute Gasteiger partial charge is 0.496 e. The highest BCUT2D eigenvalue weighted by atomic mass is 35.5. The number of amides is 1. The predicted octanol–water partition coefficient (Wildman–Crippen LogP) is 2.59. The summed E-state index contributed by atoms with van der Waals surface area (Å²) in [5.41, 5.74) is 1.46. The van der Waals surface area contributed by atoms with Crippen LogP contribution in [-0.4, -0.2) is 39.3 Å². The average molecular weight is 397 g/mol. The van der Waals surface area contributed by atoms with Crippen molar-refractivity contribution < 1.29 is 17.9 Å². The second kappa shape index (κ2) is 8.53. The lowest BCUT2D eigenvalue weighted by molar-refractivity contribution is -0.121. The van der Waals surface area contributed by atoms with Gasteiger partial charge in [0, 0.05) is 18.6 Å². The van der Waals surface area contributed by atoms with Crippen LogP contribution in [0.25, 0.3) is 0 Å². The number of likely N-dealkylation sites (N-methyl/N-ethyl adjacent to an activating group) is 1. The maximum absolute atomic E-state index is 12.6. The van der Waals surface area contributed by atoms with Crippen molar-refractivity contribution in [3.05, 3.63) is 58.6 Å². The Morgan fingerprint density at radius 3 is 2.54 bits per heavy atom. The van der Waals surface area contributed by atoms with Crippen LogP contribution < -0.4 is 10.1 Å².